The van der Waals surface area contributed by atoms with Gasteiger partial charge in [0.2, 0.25) is 15.9 Å². The summed E-state index contributed by atoms with van der Waals surface area (Å²) in [5.74, 6) is 0.147. The Hall–Kier alpha value is -2.22. The van der Waals surface area contributed by atoms with E-state index >= 15 is 0 Å². The number of hydrogen-bond acceptors (Lipinski definition) is 4. The number of carbonyl (C=O) groups excluding carboxylic acids is 1. The summed E-state index contributed by atoms with van der Waals surface area (Å²) in [5, 5.41) is 0. The predicted molar refractivity (Wildman–Crippen MR) is 119 cm³/mol. The summed E-state index contributed by atoms with van der Waals surface area (Å²) in [7, 11) is -3.43. The lowest BCUT2D eigenvalue weighted by Crippen LogP contribution is -2.40. The van der Waals surface area contributed by atoms with E-state index in [1.807, 2.05) is 23.1 Å². The highest BCUT2D eigenvalue weighted by molar-refractivity contribution is 7.89. The van der Waals surface area contributed by atoms with Gasteiger partial charge < -0.3 is 9.64 Å². The average molecular weight is 443 g/mol. The quantitative estimate of drug-likeness (QED) is 0.647. The molecule has 1 amide bonds. The highest BCUT2D eigenvalue weighted by Crippen LogP contribution is 2.22. The molecule has 1 heterocycles. The minimum atomic E-state index is -3.43. The monoisotopic (exact) mass is 442 g/mol. The molecule has 1 saturated heterocycles. The molecule has 0 unspecified atom stereocenters. The fraction of sp³-hybridized carbons (Fsp3) is 0.458. The van der Waals surface area contributed by atoms with Crippen molar-refractivity contribution < 1.29 is 17.9 Å². The highest BCUT2D eigenvalue weighted by atomic mass is 32.2. The van der Waals surface area contributed by atoms with Gasteiger partial charge in [0.25, 0.3) is 0 Å². The van der Waals surface area contributed by atoms with Crippen LogP contribution in [0.2, 0.25) is 0 Å². The van der Waals surface area contributed by atoms with Gasteiger partial charge in [0.1, 0.15) is 0 Å². The number of amides is 1. The fourth-order valence-electron chi connectivity index (χ4n) is 3.79. The van der Waals surface area contributed by atoms with E-state index in [0.717, 1.165) is 44.3 Å². The fourth-order valence-corrected chi connectivity index (χ4v) is 5.10. The molecule has 1 aliphatic heterocycles. The molecule has 0 radical (unpaired) electrons. The highest BCUT2D eigenvalue weighted by Gasteiger charge is 2.28. The lowest BCUT2D eigenvalue weighted by Gasteiger charge is -2.32. The van der Waals surface area contributed by atoms with E-state index in [1.54, 1.807) is 24.3 Å². The third-order valence-electron chi connectivity index (χ3n) is 5.88. The number of likely N-dealkylation sites (tertiary alicyclic amines) is 1. The van der Waals surface area contributed by atoms with Crippen LogP contribution in [-0.4, -0.2) is 44.5 Å². The lowest BCUT2D eigenvalue weighted by molar-refractivity contribution is -0.134. The van der Waals surface area contributed by atoms with Crippen molar-refractivity contribution >= 4 is 15.9 Å². The number of ether oxygens (including phenoxy) is 1. The topological polar surface area (TPSA) is 75.7 Å². The average Bonchev–Trinajstić information content (AvgIpc) is 3.61. The Kier molecular flexibility index (Phi) is 7.05. The second-order valence-corrected chi connectivity index (χ2v) is 10.1. The first-order chi connectivity index (χ1) is 15.0. The Balaban J connectivity index is 1.19. The molecular weight excluding hydrogens is 412 g/mol. The molecule has 2 fully saturated rings. The van der Waals surface area contributed by atoms with Crippen molar-refractivity contribution in [3.05, 3.63) is 65.7 Å². The third-order valence-corrected chi connectivity index (χ3v) is 7.42. The number of carbonyl (C=O) groups is 1. The molecule has 2 aromatic carbocycles. The summed E-state index contributed by atoms with van der Waals surface area (Å²) in [4.78, 5) is 14.8. The zero-order chi connectivity index (χ0) is 21.7. The minimum absolute atomic E-state index is 0.0928. The Morgan fingerprint density at radius 1 is 0.935 bits per heavy atom. The zero-order valence-corrected chi connectivity index (χ0v) is 18.5. The van der Waals surface area contributed by atoms with E-state index < -0.39 is 10.0 Å². The number of aryl methyl sites for hydroxylation is 1. The summed E-state index contributed by atoms with van der Waals surface area (Å²) >= 11 is 0. The lowest BCUT2D eigenvalue weighted by atomic mass is 10.1. The van der Waals surface area contributed by atoms with E-state index in [0.29, 0.717) is 19.4 Å². The SMILES string of the molecule is O=C(CCc1ccc(S(=O)(=O)NC2CC2)cc1)N1CCC(OCc2ccccc2)CC1. The molecule has 1 aliphatic carbocycles. The van der Waals surface area contributed by atoms with Gasteiger partial charge in [0, 0.05) is 25.6 Å². The Morgan fingerprint density at radius 3 is 2.26 bits per heavy atom. The number of benzene rings is 2. The molecule has 2 aromatic rings. The Bertz CT molecular complexity index is 964. The van der Waals surface area contributed by atoms with Crippen molar-refractivity contribution in [1.29, 1.82) is 0 Å². The first-order valence-electron chi connectivity index (χ1n) is 11.0. The molecule has 2 aliphatic rings. The van der Waals surface area contributed by atoms with Gasteiger partial charge in [-0.25, -0.2) is 13.1 Å². The molecule has 6 nitrogen and oxygen atoms in total. The van der Waals surface area contributed by atoms with Gasteiger partial charge in [-0.1, -0.05) is 42.5 Å². The second kappa shape index (κ2) is 9.94. The smallest absolute Gasteiger partial charge is 0.240 e. The molecule has 0 spiro atoms. The van der Waals surface area contributed by atoms with Crippen LogP contribution < -0.4 is 4.72 Å². The van der Waals surface area contributed by atoms with Gasteiger partial charge in [-0.3, -0.25) is 4.79 Å². The van der Waals surface area contributed by atoms with Crippen LogP contribution in [0, 0.1) is 0 Å². The van der Waals surface area contributed by atoms with E-state index in [4.69, 9.17) is 4.74 Å². The number of hydrogen-bond donors (Lipinski definition) is 1. The van der Waals surface area contributed by atoms with Crippen LogP contribution in [-0.2, 0) is 32.6 Å². The van der Waals surface area contributed by atoms with E-state index in [-0.39, 0.29) is 22.9 Å². The Morgan fingerprint density at radius 2 is 1.61 bits per heavy atom. The summed E-state index contributed by atoms with van der Waals surface area (Å²) in [6.45, 7) is 2.06. The van der Waals surface area contributed by atoms with Gasteiger partial charge in [-0.2, -0.15) is 0 Å². The van der Waals surface area contributed by atoms with Crippen molar-refractivity contribution in [2.45, 2.75) is 62.2 Å². The van der Waals surface area contributed by atoms with Crippen LogP contribution in [0.25, 0.3) is 0 Å². The van der Waals surface area contributed by atoms with Gasteiger partial charge in [-0.05, 0) is 55.4 Å². The molecule has 4 rings (SSSR count). The van der Waals surface area contributed by atoms with E-state index in [1.165, 1.54) is 5.56 Å². The van der Waals surface area contributed by atoms with Crippen molar-refractivity contribution in [3.63, 3.8) is 0 Å². The van der Waals surface area contributed by atoms with Crippen LogP contribution in [0.5, 0.6) is 0 Å². The van der Waals surface area contributed by atoms with Crippen LogP contribution >= 0.6 is 0 Å². The molecular formula is C24H30N2O4S. The number of rotatable bonds is 9. The number of sulfonamides is 1. The molecule has 31 heavy (non-hydrogen) atoms. The predicted octanol–water partition coefficient (Wildman–Crippen LogP) is 3.27. The molecule has 0 aromatic heterocycles. The first-order valence-corrected chi connectivity index (χ1v) is 12.5. The maximum Gasteiger partial charge on any atom is 0.240 e. The van der Waals surface area contributed by atoms with Crippen LogP contribution in [0.3, 0.4) is 0 Å². The van der Waals surface area contributed by atoms with Gasteiger partial charge in [0.05, 0.1) is 17.6 Å². The van der Waals surface area contributed by atoms with Crippen LogP contribution in [0.15, 0.2) is 59.5 Å². The standard InChI is InChI=1S/C24H30N2O4S/c27-24(26-16-14-22(15-17-26)30-18-20-4-2-1-3-5-20)13-8-19-6-11-23(12-7-19)31(28,29)25-21-9-10-21/h1-7,11-12,21-22,25H,8-10,13-18H2. The van der Waals surface area contributed by atoms with Gasteiger partial charge >= 0.3 is 0 Å². The zero-order valence-electron chi connectivity index (χ0n) is 17.7. The summed E-state index contributed by atoms with van der Waals surface area (Å²) in [6.07, 6.45) is 4.79. The van der Waals surface area contributed by atoms with Crippen molar-refractivity contribution in [2.24, 2.45) is 0 Å². The largest absolute Gasteiger partial charge is 0.373 e. The molecule has 0 atom stereocenters. The molecule has 1 saturated carbocycles. The Labute approximate surface area is 184 Å². The number of nitrogens with one attached hydrogen (secondary N) is 1. The minimum Gasteiger partial charge on any atom is -0.373 e. The second-order valence-electron chi connectivity index (χ2n) is 8.42. The van der Waals surface area contributed by atoms with Crippen molar-refractivity contribution in [2.75, 3.05) is 13.1 Å². The van der Waals surface area contributed by atoms with Gasteiger partial charge in [0.15, 0.2) is 0 Å². The number of nitrogens with zero attached hydrogens (tertiary/aromatic N) is 1. The maximum atomic E-state index is 12.6. The molecule has 166 valence electrons. The first kappa shape index (κ1) is 22.0. The third kappa shape index (κ3) is 6.38. The molecule has 7 heteroatoms. The van der Waals surface area contributed by atoms with Crippen LogP contribution in [0.1, 0.15) is 43.2 Å². The summed E-state index contributed by atoms with van der Waals surface area (Å²) in [5.41, 5.74) is 2.14. The van der Waals surface area contributed by atoms with Crippen molar-refractivity contribution in [3.8, 4) is 0 Å². The summed E-state index contributed by atoms with van der Waals surface area (Å²) < 4.78 is 33.2. The molecule has 0 bridgehead atoms. The van der Waals surface area contributed by atoms with Crippen molar-refractivity contribution in [1.82, 2.24) is 9.62 Å². The number of piperidine rings is 1. The summed E-state index contributed by atoms with van der Waals surface area (Å²) in [6, 6.07) is 17.1. The van der Waals surface area contributed by atoms with E-state index in [2.05, 4.69) is 16.9 Å². The molecule has 1 N–H and O–H groups in total. The normalized spacial score (nSPS) is 17.6. The van der Waals surface area contributed by atoms with Crippen LogP contribution in [0.4, 0.5) is 0 Å². The van der Waals surface area contributed by atoms with Gasteiger partial charge in [-0.15, -0.1) is 0 Å². The van der Waals surface area contributed by atoms with E-state index in [9.17, 15) is 13.2 Å². The maximum absolute atomic E-state index is 12.6.